The molecule has 0 bridgehead atoms. The van der Waals surface area contributed by atoms with Gasteiger partial charge in [0.15, 0.2) is 0 Å². The van der Waals surface area contributed by atoms with E-state index in [4.69, 9.17) is 23.2 Å². The number of carbonyl (C=O) groups is 1. The summed E-state index contributed by atoms with van der Waals surface area (Å²) >= 11 is -2.86. The molecule has 0 spiro atoms. The first-order valence-electron chi connectivity index (χ1n) is 1.01. The maximum atomic E-state index is 8.56. The van der Waals surface area contributed by atoms with Crippen LogP contribution in [0.1, 0.15) is 0 Å². The monoisotopic (exact) mass is 127 g/mol. The van der Waals surface area contributed by atoms with Crippen LogP contribution in [0.15, 0.2) is 0 Å². The Morgan fingerprint density at radius 1 is 1.71 bits per heavy atom. The molecule has 2 N–H and O–H groups in total. The second-order valence-electron chi connectivity index (χ2n) is 0.323. The molecule has 0 saturated carbocycles. The van der Waals surface area contributed by atoms with Gasteiger partial charge in [-0.25, -0.2) is 4.21 Å². The smallest absolute Gasteiger partial charge is 0.290 e. The predicted octanol–water partition coefficient (Wildman–Crippen LogP) is -0.961. The molecule has 0 heterocycles. The molecule has 5 nitrogen and oxygen atoms in total. The largest absolute Gasteiger partial charge is 0.750 e. The fraction of sp³-hybridized carbons (Fsp3) is 0. The molecule has 0 rings (SSSR count). The fourth-order valence-corrected chi connectivity index (χ4v) is 0. The maximum Gasteiger partial charge on any atom is 0.290 e. The third-order valence-corrected chi connectivity index (χ3v) is 0. The Morgan fingerprint density at radius 2 is 1.71 bits per heavy atom. The normalized spacial score (nSPS) is 10.6. The van der Waals surface area contributed by atoms with Gasteiger partial charge in [0.05, 0.1) is 11.4 Å². The highest BCUT2D eigenvalue weighted by molar-refractivity contribution is 7.73. The van der Waals surface area contributed by atoms with Gasteiger partial charge in [-0.05, 0) is 0 Å². The Hall–Kier alpha value is -0.460. The summed E-state index contributed by atoms with van der Waals surface area (Å²) < 4.78 is 24.1. The molecule has 0 aromatic carbocycles. The van der Waals surface area contributed by atoms with Gasteiger partial charge in [0.25, 0.3) is 6.47 Å². The van der Waals surface area contributed by atoms with Crippen molar-refractivity contribution in [1.82, 2.24) is 0 Å². The van der Waals surface area contributed by atoms with E-state index < -0.39 is 11.4 Å². The zero-order valence-corrected chi connectivity index (χ0v) is 3.92. The van der Waals surface area contributed by atoms with E-state index in [-0.39, 0.29) is 6.47 Å². The summed E-state index contributed by atoms with van der Waals surface area (Å²) in [5, 5.41) is 6.89. The van der Waals surface area contributed by atoms with Crippen LogP contribution < -0.4 is 0 Å². The van der Waals surface area contributed by atoms with Crippen LogP contribution >= 0.6 is 0 Å². The standard InChI is InChI=1S/CH2O2.H2O3S/c2-1-3;1-4(2)3/h1H,(H,2,3);(H2,1,2,3)/p-1. The molecule has 1 atom stereocenters. The van der Waals surface area contributed by atoms with E-state index in [0.717, 1.165) is 0 Å². The highest BCUT2D eigenvalue weighted by Crippen LogP contribution is 1.43. The van der Waals surface area contributed by atoms with Gasteiger partial charge in [-0.3, -0.25) is 4.79 Å². The van der Waals surface area contributed by atoms with Crippen molar-refractivity contribution >= 4 is 17.8 Å². The minimum absolute atomic E-state index is 0.250. The van der Waals surface area contributed by atoms with E-state index in [1.807, 2.05) is 0 Å². The second kappa shape index (κ2) is 9.11. The Bertz CT molecular complexity index is 55.1. The van der Waals surface area contributed by atoms with Gasteiger partial charge in [0.2, 0.25) is 0 Å². The second-order valence-corrected chi connectivity index (χ2v) is 0.757. The number of hydrogen-bond donors (Lipinski definition) is 2. The average molecular weight is 127 g/mol. The summed E-state index contributed by atoms with van der Waals surface area (Å²) in [5.41, 5.74) is 0. The average Bonchev–Trinajstić information content (AvgIpc) is 1.33. The van der Waals surface area contributed by atoms with Crippen LogP contribution in [0.5, 0.6) is 0 Å². The molecule has 0 aromatic rings. The maximum absolute atomic E-state index is 8.56. The van der Waals surface area contributed by atoms with Crippen molar-refractivity contribution in [2.24, 2.45) is 0 Å². The van der Waals surface area contributed by atoms with Crippen LogP contribution in [0.2, 0.25) is 0 Å². The van der Waals surface area contributed by atoms with E-state index in [2.05, 4.69) is 0 Å². The van der Waals surface area contributed by atoms with Crippen LogP contribution in [0, 0.1) is 0 Å². The van der Waals surface area contributed by atoms with Crippen LogP contribution in [0.25, 0.3) is 0 Å². The lowest BCUT2D eigenvalue weighted by atomic mass is 11.7. The lowest BCUT2D eigenvalue weighted by molar-refractivity contribution is -0.122. The first-order chi connectivity index (χ1) is 3.15. The van der Waals surface area contributed by atoms with E-state index in [9.17, 15) is 0 Å². The van der Waals surface area contributed by atoms with Crippen molar-refractivity contribution in [2.75, 3.05) is 0 Å². The van der Waals surface area contributed by atoms with Crippen molar-refractivity contribution < 1.29 is 23.2 Å². The molecule has 0 amide bonds. The fourth-order valence-electron chi connectivity index (χ4n) is 0. The summed E-state index contributed by atoms with van der Waals surface area (Å²) in [4.78, 5) is 8.36. The summed E-state index contributed by atoms with van der Waals surface area (Å²) in [7, 11) is 0. The SMILES string of the molecule is O=CO.O=S([O-])O. The molecule has 0 aliphatic heterocycles. The first kappa shape index (κ1) is 9.74. The third kappa shape index (κ3) is 328. The minimum Gasteiger partial charge on any atom is -0.750 e. The van der Waals surface area contributed by atoms with E-state index >= 15 is 0 Å². The van der Waals surface area contributed by atoms with Crippen LogP contribution in [0.4, 0.5) is 0 Å². The van der Waals surface area contributed by atoms with Crippen molar-refractivity contribution in [1.29, 1.82) is 0 Å². The number of carboxylic acid groups (broad SMARTS) is 1. The third-order valence-electron chi connectivity index (χ3n) is 0. The molecular weight excluding hydrogens is 124 g/mol. The number of hydrogen-bond acceptors (Lipinski definition) is 3. The molecule has 0 saturated heterocycles. The number of rotatable bonds is 0. The van der Waals surface area contributed by atoms with Gasteiger partial charge < -0.3 is 14.2 Å². The molecule has 0 aliphatic rings. The van der Waals surface area contributed by atoms with Crippen LogP contribution in [-0.4, -0.2) is 24.9 Å². The predicted molar refractivity (Wildman–Crippen MR) is 20.2 cm³/mol. The van der Waals surface area contributed by atoms with Crippen molar-refractivity contribution in [3.8, 4) is 0 Å². The van der Waals surface area contributed by atoms with Gasteiger partial charge in [-0.2, -0.15) is 0 Å². The summed E-state index contributed by atoms with van der Waals surface area (Å²) in [6.07, 6.45) is 0. The summed E-state index contributed by atoms with van der Waals surface area (Å²) in [6, 6.07) is 0. The molecule has 6 heteroatoms. The zero-order chi connectivity index (χ0) is 6.28. The molecule has 1 unspecified atom stereocenters. The summed E-state index contributed by atoms with van der Waals surface area (Å²) in [5.74, 6) is 0. The van der Waals surface area contributed by atoms with Crippen molar-refractivity contribution in [3.63, 3.8) is 0 Å². The van der Waals surface area contributed by atoms with Crippen LogP contribution in [-0.2, 0) is 16.2 Å². The molecule has 0 aliphatic carbocycles. The Labute approximate surface area is 42.1 Å². The van der Waals surface area contributed by atoms with Gasteiger partial charge >= 0.3 is 0 Å². The Balaban J connectivity index is 0. The lowest BCUT2D eigenvalue weighted by Gasteiger charge is -1.83. The molecule has 0 aromatic heterocycles. The van der Waals surface area contributed by atoms with Crippen LogP contribution in [0.3, 0.4) is 0 Å². The zero-order valence-electron chi connectivity index (χ0n) is 3.10. The highest BCUT2D eigenvalue weighted by atomic mass is 32.2. The van der Waals surface area contributed by atoms with E-state index in [1.54, 1.807) is 0 Å². The Kier molecular flexibility index (Phi) is 12.7. The minimum atomic E-state index is -2.86. The highest BCUT2D eigenvalue weighted by Gasteiger charge is 1.42. The quantitative estimate of drug-likeness (QED) is 0.322. The Morgan fingerprint density at radius 3 is 1.71 bits per heavy atom. The van der Waals surface area contributed by atoms with Gasteiger partial charge in [-0.15, -0.1) is 0 Å². The molecule has 44 valence electrons. The van der Waals surface area contributed by atoms with E-state index in [1.165, 1.54) is 0 Å². The van der Waals surface area contributed by atoms with Gasteiger partial charge in [-0.1, -0.05) is 0 Å². The van der Waals surface area contributed by atoms with Crippen molar-refractivity contribution in [3.05, 3.63) is 0 Å². The van der Waals surface area contributed by atoms with Gasteiger partial charge in [0.1, 0.15) is 0 Å². The van der Waals surface area contributed by atoms with Gasteiger partial charge in [0, 0.05) is 0 Å². The lowest BCUT2D eigenvalue weighted by Crippen LogP contribution is -1.75. The molecular formula is CH3O5S-. The topological polar surface area (TPSA) is 97.7 Å². The molecule has 0 fully saturated rings. The molecule has 7 heavy (non-hydrogen) atoms. The summed E-state index contributed by atoms with van der Waals surface area (Å²) in [6.45, 7) is -0.250. The van der Waals surface area contributed by atoms with E-state index in [0.29, 0.717) is 0 Å². The first-order valence-corrected chi connectivity index (χ1v) is 2.04. The van der Waals surface area contributed by atoms with Crippen molar-refractivity contribution in [2.45, 2.75) is 0 Å². The molecule has 0 radical (unpaired) electrons.